The lowest BCUT2D eigenvalue weighted by Crippen LogP contribution is -2.50. The summed E-state index contributed by atoms with van der Waals surface area (Å²) in [6.07, 6.45) is 6.89. The van der Waals surface area contributed by atoms with E-state index in [0.717, 1.165) is 37.9 Å². The van der Waals surface area contributed by atoms with E-state index in [1.807, 2.05) is 0 Å². The Kier molecular flexibility index (Phi) is 6.55. The van der Waals surface area contributed by atoms with Crippen LogP contribution in [0.15, 0.2) is 29.4 Å². The summed E-state index contributed by atoms with van der Waals surface area (Å²) >= 11 is 1.64. The van der Waals surface area contributed by atoms with Gasteiger partial charge in [0.1, 0.15) is 5.78 Å². The molecule has 2 saturated heterocycles. The van der Waals surface area contributed by atoms with Crippen molar-refractivity contribution in [3.05, 3.63) is 35.4 Å². The Morgan fingerprint density at radius 3 is 2.93 bits per heavy atom. The minimum Gasteiger partial charge on any atom is -0.411 e. The second-order valence-corrected chi connectivity index (χ2v) is 9.35. The minimum absolute atomic E-state index is 0.0395. The van der Waals surface area contributed by atoms with Crippen LogP contribution in [0.25, 0.3) is 0 Å². The number of carbonyl (C=O) groups excluding carboxylic acids is 2. The first kappa shape index (κ1) is 20.4. The van der Waals surface area contributed by atoms with Gasteiger partial charge in [0.15, 0.2) is 0 Å². The number of hydrogen-bond donors (Lipinski definition) is 2. The number of Topliss-reactive ketones (excluding diaryl/α,β-unsaturated/α-hetero) is 1. The van der Waals surface area contributed by atoms with Gasteiger partial charge in [-0.2, -0.15) is 0 Å². The van der Waals surface area contributed by atoms with E-state index in [1.54, 1.807) is 16.7 Å². The van der Waals surface area contributed by atoms with Gasteiger partial charge in [-0.15, -0.1) is 11.8 Å². The van der Waals surface area contributed by atoms with Crippen LogP contribution in [0.4, 0.5) is 0 Å². The highest BCUT2D eigenvalue weighted by molar-refractivity contribution is 7.99. The van der Waals surface area contributed by atoms with Crippen molar-refractivity contribution in [2.24, 2.45) is 17.0 Å². The Morgan fingerprint density at radius 1 is 1.28 bits per heavy atom. The Balaban J connectivity index is 1.33. The maximum absolute atomic E-state index is 13.0. The van der Waals surface area contributed by atoms with Crippen LogP contribution >= 0.6 is 11.8 Å². The van der Waals surface area contributed by atoms with Crippen molar-refractivity contribution in [2.45, 2.75) is 50.6 Å². The highest BCUT2D eigenvalue weighted by Crippen LogP contribution is 2.30. The van der Waals surface area contributed by atoms with E-state index in [-0.39, 0.29) is 23.7 Å². The van der Waals surface area contributed by atoms with Crippen molar-refractivity contribution < 1.29 is 14.8 Å². The number of thioether (sulfide) groups is 1. The van der Waals surface area contributed by atoms with Crippen LogP contribution in [0.2, 0.25) is 0 Å². The van der Waals surface area contributed by atoms with E-state index in [9.17, 15) is 9.59 Å². The third-order valence-corrected chi connectivity index (χ3v) is 7.63. The second-order valence-electron chi connectivity index (χ2n) is 8.35. The molecule has 0 saturated carbocycles. The Bertz CT molecular complexity index is 784. The molecule has 1 unspecified atom stereocenters. The molecule has 1 aliphatic carbocycles. The van der Waals surface area contributed by atoms with Crippen molar-refractivity contribution >= 4 is 29.7 Å². The Labute approximate surface area is 176 Å². The zero-order valence-electron chi connectivity index (χ0n) is 16.6. The van der Waals surface area contributed by atoms with E-state index < -0.39 is 6.04 Å². The van der Waals surface area contributed by atoms with E-state index in [0.29, 0.717) is 24.8 Å². The van der Waals surface area contributed by atoms with Crippen molar-refractivity contribution in [2.75, 3.05) is 18.2 Å². The lowest BCUT2D eigenvalue weighted by molar-refractivity contribution is -0.136. The van der Waals surface area contributed by atoms with Gasteiger partial charge in [-0.3, -0.25) is 9.59 Å². The van der Waals surface area contributed by atoms with Crippen LogP contribution in [0.5, 0.6) is 0 Å². The van der Waals surface area contributed by atoms with Crippen molar-refractivity contribution in [1.29, 1.82) is 0 Å². The molecule has 4 rings (SSSR count). The summed E-state index contributed by atoms with van der Waals surface area (Å²) in [7, 11) is 0. The number of rotatable bonds is 6. The minimum atomic E-state index is -0.442. The van der Waals surface area contributed by atoms with E-state index in [4.69, 9.17) is 5.21 Å². The second kappa shape index (κ2) is 9.30. The number of amides is 1. The van der Waals surface area contributed by atoms with E-state index >= 15 is 0 Å². The van der Waals surface area contributed by atoms with Crippen molar-refractivity contribution in [3.8, 4) is 0 Å². The number of ketones is 1. The molecule has 1 aromatic carbocycles. The van der Waals surface area contributed by atoms with Gasteiger partial charge in [0.25, 0.3) is 0 Å². The molecule has 1 aromatic rings. The highest BCUT2D eigenvalue weighted by atomic mass is 32.2. The van der Waals surface area contributed by atoms with Gasteiger partial charge in [-0.25, -0.2) is 0 Å². The molecule has 2 fully saturated rings. The molecule has 3 aliphatic rings. The standard InChI is InChI=1S/C22H29N3O3S/c26-20(8-6-15-5-7-16-3-1-2-4-17(16)11-15)19-9-10-23-21(19)22(27)25-14-29-13-18(25)12-24-28/h1-4,12,15,18-19,21,23,28H,5-11,13-14H2/t15-,18+,19?,21+/m0/s1. The molecule has 0 spiro atoms. The molecular weight excluding hydrogens is 386 g/mol. The molecule has 29 heavy (non-hydrogen) atoms. The molecule has 0 radical (unpaired) electrons. The van der Waals surface area contributed by atoms with Crippen LogP contribution in [0.3, 0.4) is 0 Å². The Hall–Kier alpha value is -1.86. The number of nitrogens with zero attached hydrogens (tertiary/aromatic N) is 2. The monoisotopic (exact) mass is 415 g/mol. The van der Waals surface area contributed by atoms with Crippen LogP contribution in [-0.2, 0) is 22.4 Å². The third-order valence-electron chi connectivity index (χ3n) is 6.59. The van der Waals surface area contributed by atoms with Crippen LogP contribution < -0.4 is 5.32 Å². The molecule has 2 heterocycles. The first-order chi connectivity index (χ1) is 14.2. The van der Waals surface area contributed by atoms with Crippen molar-refractivity contribution in [3.63, 3.8) is 0 Å². The van der Waals surface area contributed by atoms with Gasteiger partial charge < -0.3 is 15.4 Å². The van der Waals surface area contributed by atoms with Crippen LogP contribution in [0, 0.1) is 11.8 Å². The number of oxime groups is 1. The zero-order chi connectivity index (χ0) is 20.2. The van der Waals surface area contributed by atoms with Gasteiger partial charge >= 0.3 is 0 Å². The molecule has 2 N–H and O–H groups in total. The maximum Gasteiger partial charge on any atom is 0.241 e. The number of carbonyl (C=O) groups is 2. The van der Waals surface area contributed by atoms with Gasteiger partial charge in [0.2, 0.25) is 5.91 Å². The lowest BCUT2D eigenvalue weighted by Gasteiger charge is -2.27. The van der Waals surface area contributed by atoms with Crippen molar-refractivity contribution in [1.82, 2.24) is 10.2 Å². The van der Waals surface area contributed by atoms with Crippen LogP contribution in [-0.4, -0.2) is 58.3 Å². The summed E-state index contributed by atoms with van der Waals surface area (Å²) in [6.45, 7) is 0.698. The average Bonchev–Trinajstić information content (AvgIpc) is 3.41. The van der Waals surface area contributed by atoms with Gasteiger partial charge in [-0.1, -0.05) is 29.4 Å². The summed E-state index contributed by atoms with van der Waals surface area (Å²) < 4.78 is 0. The molecule has 6 nitrogen and oxygen atoms in total. The quantitative estimate of drug-likeness (QED) is 0.424. The number of benzene rings is 1. The smallest absolute Gasteiger partial charge is 0.241 e. The van der Waals surface area contributed by atoms with Crippen LogP contribution in [0.1, 0.15) is 36.8 Å². The fourth-order valence-electron chi connectivity index (χ4n) is 4.92. The highest BCUT2D eigenvalue weighted by Gasteiger charge is 2.42. The summed E-state index contributed by atoms with van der Waals surface area (Å²) in [6, 6.07) is 7.98. The van der Waals surface area contributed by atoms with E-state index in [1.165, 1.54) is 17.3 Å². The lowest BCUT2D eigenvalue weighted by atomic mass is 9.80. The molecule has 2 aliphatic heterocycles. The number of aryl methyl sites for hydroxylation is 1. The van der Waals surface area contributed by atoms with Gasteiger partial charge in [0, 0.05) is 18.1 Å². The average molecular weight is 416 g/mol. The molecule has 0 bridgehead atoms. The first-order valence-electron chi connectivity index (χ1n) is 10.6. The topological polar surface area (TPSA) is 82.0 Å². The number of fused-ring (bicyclic) bond motifs is 1. The normalized spacial score (nSPS) is 29.3. The fraction of sp³-hybridized carbons (Fsp3) is 0.591. The SMILES string of the molecule is O=C(CC[C@@H]1CCc2ccccc2C1)C1CCN[C@H]1C(=O)N1CSC[C@H]1C=NO. The predicted molar refractivity (Wildman–Crippen MR) is 114 cm³/mol. The number of hydrogen-bond acceptors (Lipinski definition) is 6. The largest absolute Gasteiger partial charge is 0.411 e. The summed E-state index contributed by atoms with van der Waals surface area (Å²) in [5.74, 6) is 1.79. The molecule has 7 heteroatoms. The summed E-state index contributed by atoms with van der Waals surface area (Å²) in [5.41, 5.74) is 2.88. The summed E-state index contributed by atoms with van der Waals surface area (Å²) in [5, 5.41) is 15.2. The Morgan fingerprint density at radius 2 is 2.10 bits per heavy atom. The molecule has 0 aromatic heterocycles. The van der Waals surface area contributed by atoms with Gasteiger partial charge in [-0.05, 0) is 55.7 Å². The summed E-state index contributed by atoms with van der Waals surface area (Å²) in [4.78, 5) is 27.8. The molecule has 4 atom stereocenters. The molecular formula is C22H29N3O3S. The first-order valence-corrected chi connectivity index (χ1v) is 11.7. The number of nitrogens with one attached hydrogen (secondary N) is 1. The molecule has 156 valence electrons. The maximum atomic E-state index is 13.0. The van der Waals surface area contributed by atoms with E-state index in [2.05, 4.69) is 34.7 Å². The van der Waals surface area contributed by atoms with Gasteiger partial charge in [0.05, 0.1) is 24.2 Å². The fourth-order valence-corrected chi connectivity index (χ4v) is 6.05. The molecule has 1 amide bonds. The predicted octanol–water partition coefficient (Wildman–Crippen LogP) is 2.48. The zero-order valence-corrected chi connectivity index (χ0v) is 17.4. The third kappa shape index (κ3) is 4.51.